The molecule has 31 heavy (non-hydrogen) atoms. The lowest BCUT2D eigenvalue weighted by molar-refractivity contribution is -0.385. The van der Waals surface area contributed by atoms with Gasteiger partial charge in [0.15, 0.2) is 11.0 Å². The summed E-state index contributed by atoms with van der Waals surface area (Å²) >= 11 is 6.84. The Morgan fingerprint density at radius 3 is 2.52 bits per heavy atom. The quantitative estimate of drug-likeness (QED) is 0.315. The summed E-state index contributed by atoms with van der Waals surface area (Å²) in [5.74, 6) is -0.462. The van der Waals surface area contributed by atoms with Gasteiger partial charge in [0, 0.05) is 29.8 Å². The van der Waals surface area contributed by atoms with Crippen LogP contribution in [0.2, 0.25) is 5.02 Å². The molecule has 0 saturated carbocycles. The molecule has 2 aromatic carbocycles. The molecule has 0 aliphatic heterocycles. The van der Waals surface area contributed by atoms with Gasteiger partial charge in [-0.05, 0) is 30.3 Å². The number of nitro benzene ring substituents is 1. The minimum atomic E-state index is -4.88. The summed E-state index contributed by atoms with van der Waals surface area (Å²) in [4.78, 5) is 22.0. The number of alkyl halides is 3. The maximum Gasteiger partial charge on any atom is 0.418 e. The first-order valence-electron chi connectivity index (χ1n) is 8.50. The molecule has 0 fully saturated rings. The smallest absolute Gasteiger partial charge is 0.325 e. The van der Waals surface area contributed by atoms with E-state index in [2.05, 4.69) is 15.5 Å². The summed E-state index contributed by atoms with van der Waals surface area (Å²) in [5.41, 5.74) is -1.85. The molecule has 0 radical (unpaired) electrons. The van der Waals surface area contributed by atoms with Crippen molar-refractivity contribution in [3.8, 4) is 11.4 Å². The molecule has 0 aliphatic carbocycles. The Hall–Kier alpha value is -3.12. The number of nitrogens with one attached hydrogen (secondary N) is 1. The predicted molar refractivity (Wildman–Crippen MR) is 109 cm³/mol. The average Bonchev–Trinajstić information content (AvgIpc) is 3.06. The number of nitro groups is 1. The van der Waals surface area contributed by atoms with Crippen LogP contribution in [0, 0.1) is 10.1 Å². The molecule has 0 aliphatic rings. The highest BCUT2D eigenvalue weighted by Gasteiger charge is 2.35. The first-order chi connectivity index (χ1) is 14.6. The van der Waals surface area contributed by atoms with E-state index in [0.717, 1.165) is 29.5 Å². The van der Waals surface area contributed by atoms with E-state index in [9.17, 15) is 28.1 Å². The molecule has 0 atom stereocenters. The van der Waals surface area contributed by atoms with E-state index in [1.807, 2.05) is 0 Å². The third kappa shape index (κ3) is 5.33. The Labute approximate surface area is 182 Å². The van der Waals surface area contributed by atoms with Gasteiger partial charge < -0.3 is 9.88 Å². The Balaban J connectivity index is 1.71. The highest BCUT2D eigenvalue weighted by molar-refractivity contribution is 7.99. The minimum absolute atomic E-state index is 0.249. The average molecular weight is 472 g/mol. The highest BCUT2D eigenvalue weighted by Crippen LogP contribution is 2.37. The van der Waals surface area contributed by atoms with Gasteiger partial charge in [-0.15, -0.1) is 10.2 Å². The molecule has 0 bridgehead atoms. The zero-order valence-electron chi connectivity index (χ0n) is 15.7. The van der Waals surface area contributed by atoms with Gasteiger partial charge in [-0.3, -0.25) is 14.9 Å². The van der Waals surface area contributed by atoms with Crippen LogP contribution in [-0.4, -0.2) is 31.3 Å². The van der Waals surface area contributed by atoms with Crippen molar-refractivity contribution < 1.29 is 22.9 Å². The molecule has 8 nitrogen and oxygen atoms in total. The fourth-order valence-electron chi connectivity index (χ4n) is 2.60. The van der Waals surface area contributed by atoms with E-state index < -0.39 is 33.9 Å². The second-order valence-corrected chi connectivity index (χ2v) is 7.57. The number of aromatic nitrogens is 3. The van der Waals surface area contributed by atoms with Crippen LogP contribution in [0.5, 0.6) is 0 Å². The Morgan fingerprint density at radius 2 is 1.90 bits per heavy atom. The van der Waals surface area contributed by atoms with Gasteiger partial charge in [-0.2, -0.15) is 13.2 Å². The van der Waals surface area contributed by atoms with E-state index in [1.165, 1.54) is 0 Å². The largest absolute Gasteiger partial charge is 0.418 e. The third-order valence-electron chi connectivity index (χ3n) is 4.06. The van der Waals surface area contributed by atoms with Gasteiger partial charge >= 0.3 is 6.18 Å². The Morgan fingerprint density at radius 1 is 1.23 bits per heavy atom. The molecular formula is C18H13ClF3N5O3S. The van der Waals surface area contributed by atoms with Gasteiger partial charge in [0.2, 0.25) is 5.91 Å². The van der Waals surface area contributed by atoms with E-state index in [1.54, 1.807) is 35.9 Å². The molecule has 1 heterocycles. The van der Waals surface area contributed by atoms with Crippen molar-refractivity contribution in [1.82, 2.24) is 14.8 Å². The maximum absolute atomic E-state index is 13.2. The lowest BCUT2D eigenvalue weighted by Gasteiger charge is -2.13. The summed E-state index contributed by atoms with van der Waals surface area (Å²) in [5, 5.41) is 21.9. The zero-order chi connectivity index (χ0) is 22.8. The zero-order valence-corrected chi connectivity index (χ0v) is 17.3. The second kappa shape index (κ2) is 8.94. The maximum atomic E-state index is 13.2. The number of non-ortho nitro benzene ring substituents is 1. The summed E-state index contributed by atoms with van der Waals surface area (Å²) in [7, 11) is 1.68. The number of rotatable bonds is 6. The van der Waals surface area contributed by atoms with E-state index >= 15 is 0 Å². The number of thioether (sulfide) groups is 1. The molecule has 162 valence electrons. The van der Waals surface area contributed by atoms with Crippen LogP contribution in [0.15, 0.2) is 47.6 Å². The molecule has 1 aromatic heterocycles. The number of nitrogens with zero attached hydrogens (tertiary/aromatic N) is 4. The van der Waals surface area contributed by atoms with E-state index in [-0.39, 0.29) is 5.75 Å². The number of hydrogen-bond acceptors (Lipinski definition) is 6. The standard InChI is InChI=1S/C18H13ClF3N5O3S/c1-26-16(10-2-4-11(19)5-3-10)24-25-17(26)31-9-15(28)23-14-7-6-12(27(29)30)8-13(14)18(20,21)22/h2-8H,9H2,1H3,(H,23,28). The molecule has 13 heteroatoms. The molecule has 0 spiro atoms. The fourth-order valence-corrected chi connectivity index (χ4v) is 3.43. The monoisotopic (exact) mass is 471 g/mol. The number of hydrogen-bond donors (Lipinski definition) is 1. The van der Waals surface area contributed by atoms with Crippen LogP contribution in [-0.2, 0) is 18.0 Å². The van der Waals surface area contributed by atoms with Crippen molar-refractivity contribution >= 4 is 40.6 Å². The topological polar surface area (TPSA) is 103 Å². The van der Waals surface area contributed by atoms with Crippen molar-refractivity contribution in [2.24, 2.45) is 7.05 Å². The second-order valence-electron chi connectivity index (χ2n) is 6.19. The summed E-state index contributed by atoms with van der Waals surface area (Å²) in [6.07, 6.45) is -4.88. The number of carbonyl (C=O) groups excluding carboxylic acids is 1. The van der Waals surface area contributed by atoms with Gasteiger partial charge in [-0.25, -0.2) is 0 Å². The molecule has 3 rings (SSSR count). The van der Waals surface area contributed by atoms with Crippen LogP contribution in [0.25, 0.3) is 11.4 Å². The number of halogens is 4. The predicted octanol–water partition coefficient (Wildman–Crippen LogP) is 4.79. The first-order valence-corrected chi connectivity index (χ1v) is 9.86. The fraction of sp³-hybridized carbons (Fsp3) is 0.167. The van der Waals surface area contributed by atoms with Crippen LogP contribution in [0.4, 0.5) is 24.5 Å². The number of carbonyl (C=O) groups is 1. The first kappa shape index (κ1) is 22.6. The molecule has 0 unspecified atom stereocenters. The van der Waals surface area contributed by atoms with Crippen molar-refractivity contribution in [2.45, 2.75) is 11.3 Å². The molecule has 0 saturated heterocycles. The molecule has 1 amide bonds. The van der Waals surface area contributed by atoms with Crippen LogP contribution >= 0.6 is 23.4 Å². The number of benzene rings is 2. The Kier molecular flexibility index (Phi) is 6.51. The highest BCUT2D eigenvalue weighted by atomic mass is 35.5. The van der Waals surface area contributed by atoms with Crippen molar-refractivity contribution in [2.75, 3.05) is 11.1 Å². The summed E-state index contributed by atoms with van der Waals surface area (Å²) < 4.78 is 41.3. The van der Waals surface area contributed by atoms with Gasteiger partial charge in [0.25, 0.3) is 5.69 Å². The minimum Gasteiger partial charge on any atom is -0.325 e. The summed E-state index contributed by atoms with van der Waals surface area (Å²) in [6, 6.07) is 9.00. The van der Waals surface area contributed by atoms with Crippen molar-refractivity contribution in [1.29, 1.82) is 0 Å². The van der Waals surface area contributed by atoms with Crippen molar-refractivity contribution in [3.63, 3.8) is 0 Å². The van der Waals surface area contributed by atoms with Crippen molar-refractivity contribution in [3.05, 3.63) is 63.2 Å². The lowest BCUT2D eigenvalue weighted by atomic mass is 10.1. The van der Waals surface area contributed by atoms with E-state index in [0.29, 0.717) is 22.1 Å². The van der Waals surface area contributed by atoms with E-state index in [4.69, 9.17) is 11.6 Å². The molecular weight excluding hydrogens is 459 g/mol. The lowest BCUT2D eigenvalue weighted by Crippen LogP contribution is -2.18. The van der Waals surface area contributed by atoms with Gasteiger partial charge in [0.1, 0.15) is 0 Å². The van der Waals surface area contributed by atoms with Crippen LogP contribution in [0.3, 0.4) is 0 Å². The normalized spacial score (nSPS) is 11.4. The van der Waals surface area contributed by atoms with Gasteiger partial charge in [0.05, 0.1) is 21.9 Å². The Bertz CT molecular complexity index is 1140. The number of amides is 1. The van der Waals surface area contributed by atoms with Crippen LogP contribution < -0.4 is 5.32 Å². The van der Waals surface area contributed by atoms with Gasteiger partial charge in [-0.1, -0.05) is 23.4 Å². The number of anilines is 1. The molecule has 1 N–H and O–H groups in total. The SMILES string of the molecule is Cn1c(SCC(=O)Nc2ccc([N+](=O)[O-])cc2C(F)(F)F)nnc1-c1ccc(Cl)cc1. The van der Waals surface area contributed by atoms with Crippen LogP contribution in [0.1, 0.15) is 5.56 Å². The molecule has 3 aromatic rings. The summed E-state index contributed by atoms with van der Waals surface area (Å²) in [6.45, 7) is 0. The third-order valence-corrected chi connectivity index (χ3v) is 5.34.